The van der Waals surface area contributed by atoms with Gasteiger partial charge in [-0.05, 0) is 25.8 Å². The van der Waals surface area contributed by atoms with Crippen LogP contribution in [0.3, 0.4) is 0 Å². The maximum Gasteiger partial charge on any atom is 0.239 e. The fraction of sp³-hybridized carbons (Fsp3) is 0.588. The predicted molar refractivity (Wildman–Crippen MR) is 93.6 cm³/mol. The number of unbranched alkanes of at least 4 members (excludes halogenated alkanes) is 1. The van der Waals surface area contributed by atoms with Gasteiger partial charge in [0.25, 0.3) is 0 Å². The number of β-amino-alcohol motifs (C(OH)–C–C–N with tert-alkyl or cyclic N) is 1. The maximum atomic E-state index is 12.5. The van der Waals surface area contributed by atoms with Crippen LogP contribution >= 0.6 is 0 Å². The summed E-state index contributed by atoms with van der Waals surface area (Å²) in [7, 11) is 0. The Balaban J connectivity index is 1.58. The fourth-order valence-electron chi connectivity index (χ4n) is 3.34. The summed E-state index contributed by atoms with van der Waals surface area (Å²) in [6, 6.07) is -0.516. The molecule has 0 spiro atoms. The number of likely N-dealkylation sites (tertiary alicyclic amines) is 1. The SMILES string of the molecule is NCCCC[C@@H](N)C(=O)N1C[C@H](Cc2cn3ccnc3cn2)[C@H](O)C1. The molecule has 0 bridgehead atoms. The van der Waals surface area contributed by atoms with Gasteiger partial charge in [0.15, 0.2) is 5.65 Å². The first kappa shape index (κ1) is 17.8. The number of fused-ring (bicyclic) bond motifs is 1. The topological polar surface area (TPSA) is 123 Å². The lowest BCUT2D eigenvalue weighted by molar-refractivity contribution is -0.132. The molecule has 5 N–H and O–H groups in total. The molecule has 8 heteroatoms. The molecule has 2 aromatic heterocycles. The van der Waals surface area contributed by atoms with Crippen molar-refractivity contribution in [1.29, 1.82) is 0 Å². The van der Waals surface area contributed by atoms with E-state index in [0.29, 0.717) is 32.5 Å². The lowest BCUT2D eigenvalue weighted by atomic mass is 10.0. The third-order valence-electron chi connectivity index (χ3n) is 4.81. The van der Waals surface area contributed by atoms with Gasteiger partial charge >= 0.3 is 0 Å². The molecule has 0 saturated carbocycles. The van der Waals surface area contributed by atoms with Gasteiger partial charge in [0.05, 0.1) is 24.0 Å². The Morgan fingerprint density at radius 1 is 1.36 bits per heavy atom. The van der Waals surface area contributed by atoms with Crippen LogP contribution in [0.25, 0.3) is 5.65 Å². The molecule has 1 aliphatic heterocycles. The van der Waals surface area contributed by atoms with Crippen molar-refractivity contribution in [3.8, 4) is 0 Å². The zero-order valence-corrected chi connectivity index (χ0v) is 14.3. The molecule has 1 aliphatic rings. The zero-order chi connectivity index (χ0) is 17.8. The van der Waals surface area contributed by atoms with E-state index in [1.807, 2.05) is 16.8 Å². The number of hydrogen-bond acceptors (Lipinski definition) is 6. The van der Waals surface area contributed by atoms with Crippen LogP contribution in [-0.2, 0) is 11.2 Å². The minimum Gasteiger partial charge on any atom is -0.391 e. The number of nitrogens with two attached hydrogens (primary N) is 2. The van der Waals surface area contributed by atoms with E-state index in [1.165, 1.54) is 0 Å². The number of aliphatic hydroxyl groups excluding tert-OH is 1. The average molecular weight is 346 g/mol. The van der Waals surface area contributed by atoms with E-state index in [2.05, 4.69) is 9.97 Å². The first-order chi connectivity index (χ1) is 12.1. The lowest BCUT2D eigenvalue weighted by Gasteiger charge is -2.20. The van der Waals surface area contributed by atoms with Crippen molar-refractivity contribution in [2.75, 3.05) is 19.6 Å². The Kier molecular flexibility index (Phi) is 5.62. The quantitative estimate of drug-likeness (QED) is 0.584. The highest BCUT2D eigenvalue weighted by Crippen LogP contribution is 2.22. The largest absolute Gasteiger partial charge is 0.391 e. The van der Waals surface area contributed by atoms with Crippen LogP contribution in [0.4, 0.5) is 0 Å². The summed E-state index contributed by atoms with van der Waals surface area (Å²) in [5.74, 6) is -0.120. The highest BCUT2D eigenvalue weighted by molar-refractivity contribution is 5.82. The Morgan fingerprint density at radius 2 is 2.20 bits per heavy atom. The smallest absolute Gasteiger partial charge is 0.239 e. The van der Waals surface area contributed by atoms with Gasteiger partial charge in [0.2, 0.25) is 5.91 Å². The zero-order valence-electron chi connectivity index (χ0n) is 14.3. The van der Waals surface area contributed by atoms with Crippen molar-refractivity contribution >= 4 is 11.6 Å². The van der Waals surface area contributed by atoms with E-state index in [0.717, 1.165) is 24.2 Å². The third kappa shape index (κ3) is 4.15. The highest BCUT2D eigenvalue weighted by Gasteiger charge is 2.35. The minimum atomic E-state index is -0.555. The number of carbonyl (C=O) groups excluding carboxylic acids is 1. The molecule has 1 amide bonds. The second-order valence-electron chi connectivity index (χ2n) is 6.74. The van der Waals surface area contributed by atoms with Gasteiger partial charge in [-0.15, -0.1) is 0 Å². The van der Waals surface area contributed by atoms with Crippen LogP contribution in [-0.4, -0.2) is 62.1 Å². The number of rotatable bonds is 7. The summed E-state index contributed by atoms with van der Waals surface area (Å²) in [6.07, 6.45) is 9.62. The number of hydrogen-bond donors (Lipinski definition) is 3. The first-order valence-corrected chi connectivity index (χ1v) is 8.78. The normalized spacial score (nSPS) is 21.8. The van der Waals surface area contributed by atoms with Crippen LogP contribution < -0.4 is 11.5 Å². The highest BCUT2D eigenvalue weighted by atomic mass is 16.3. The molecular weight excluding hydrogens is 320 g/mol. The van der Waals surface area contributed by atoms with Crippen molar-refractivity contribution in [3.63, 3.8) is 0 Å². The summed E-state index contributed by atoms with van der Waals surface area (Å²) >= 11 is 0. The molecular formula is C17H26N6O2. The van der Waals surface area contributed by atoms with Crippen molar-refractivity contribution in [3.05, 3.63) is 30.5 Å². The van der Waals surface area contributed by atoms with Gasteiger partial charge in [-0.3, -0.25) is 9.78 Å². The average Bonchev–Trinajstić information content (AvgIpc) is 3.21. The molecule has 3 heterocycles. The van der Waals surface area contributed by atoms with Crippen LogP contribution in [0.5, 0.6) is 0 Å². The second kappa shape index (κ2) is 7.90. The first-order valence-electron chi connectivity index (χ1n) is 8.78. The van der Waals surface area contributed by atoms with E-state index in [1.54, 1.807) is 17.3 Å². The van der Waals surface area contributed by atoms with Gasteiger partial charge in [0, 0.05) is 37.6 Å². The molecule has 25 heavy (non-hydrogen) atoms. The molecule has 136 valence electrons. The van der Waals surface area contributed by atoms with Crippen LogP contribution in [0.1, 0.15) is 25.0 Å². The van der Waals surface area contributed by atoms with E-state index in [4.69, 9.17) is 11.5 Å². The van der Waals surface area contributed by atoms with Gasteiger partial charge < -0.3 is 25.9 Å². The van der Waals surface area contributed by atoms with E-state index < -0.39 is 12.1 Å². The molecule has 0 radical (unpaired) electrons. The number of aliphatic hydroxyl groups is 1. The summed E-state index contributed by atoms with van der Waals surface area (Å²) in [5, 5.41) is 10.3. The van der Waals surface area contributed by atoms with Crippen LogP contribution in [0.15, 0.2) is 24.8 Å². The predicted octanol–water partition coefficient (Wildman–Crippen LogP) is -0.453. The van der Waals surface area contributed by atoms with Gasteiger partial charge in [-0.2, -0.15) is 0 Å². The summed E-state index contributed by atoms with van der Waals surface area (Å²) in [6.45, 7) is 1.45. The molecule has 2 aromatic rings. The number of carbonyl (C=O) groups is 1. The molecule has 0 aliphatic carbocycles. The Labute approximate surface area is 146 Å². The standard InChI is InChI=1S/C17H26N6O2/c18-4-2-1-3-14(19)17(25)23-9-12(15(24)11-23)7-13-10-22-6-5-20-16(22)8-21-13/h5-6,8,10,12,14-15,24H,1-4,7,9,11,18-19H2/t12-,14+,15+/m0/s1. The van der Waals surface area contributed by atoms with Crippen molar-refractivity contribution in [2.24, 2.45) is 17.4 Å². The molecule has 1 saturated heterocycles. The third-order valence-corrected chi connectivity index (χ3v) is 4.81. The summed E-state index contributed by atoms with van der Waals surface area (Å²) in [5.41, 5.74) is 13.1. The Bertz CT molecular complexity index is 718. The molecule has 3 rings (SSSR count). The fourth-order valence-corrected chi connectivity index (χ4v) is 3.34. The summed E-state index contributed by atoms with van der Waals surface area (Å²) in [4.78, 5) is 22.7. The monoisotopic (exact) mass is 346 g/mol. The summed E-state index contributed by atoms with van der Waals surface area (Å²) < 4.78 is 1.90. The van der Waals surface area contributed by atoms with Crippen molar-refractivity contribution < 1.29 is 9.90 Å². The van der Waals surface area contributed by atoms with E-state index in [9.17, 15) is 9.90 Å². The Morgan fingerprint density at radius 3 is 3.00 bits per heavy atom. The van der Waals surface area contributed by atoms with Gasteiger partial charge in [-0.25, -0.2) is 4.98 Å². The minimum absolute atomic E-state index is 0.0336. The lowest BCUT2D eigenvalue weighted by Crippen LogP contribution is -2.43. The molecule has 0 unspecified atom stereocenters. The Hall–Kier alpha value is -2.03. The molecule has 1 fully saturated rings. The molecule has 8 nitrogen and oxygen atoms in total. The number of nitrogens with zero attached hydrogens (tertiary/aromatic N) is 4. The number of amides is 1. The van der Waals surface area contributed by atoms with E-state index >= 15 is 0 Å². The molecule has 3 atom stereocenters. The van der Waals surface area contributed by atoms with E-state index in [-0.39, 0.29) is 11.8 Å². The van der Waals surface area contributed by atoms with Gasteiger partial charge in [-0.1, -0.05) is 6.42 Å². The molecule has 0 aromatic carbocycles. The maximum absolute atomic E-state index is 12.5. The van der Waals surface area contributed by atoms with Gasteiger partial charge in [0.1, 0.15) is 0 Å². The van der Waals surface area contributed by atoms with Crippen LogP contribution in [0.2, 0.25) is 0 Å². The number of imidazole rings is 1. The van der Waals surface area contributed by atoms with Crippen molar-refractivity contribution in [1.82, 2.24) is 19.3 Å². The number of aromatic nitrogens is 3. The second-order valence-corrected chi connectivity index (χ2v) is 6.74. The van der Waals surface area contributed by atoms with Crippen LogP contribution in [0, 0.1) is 5.92 Å². The van der Waals surface area contributed by atoms with Crippen molar-refractivity contribution in [2.45, 2.75) is 37.8 Å².